The maximum Gasteiger partial charge on any atom is 0.152 e. The Morgan fingerprint density at radius 2 is 2.12 bits per heavy atom. The molecule has 0 aromatic carbocycles. The van der Waals surface area contributed by atoms with Gasteiger partial charge < -0.3 is 5.32 Å². The number of anilines is 1. The lowest BCUT2D eigenvalue weighted by Crippen LogP contribution is -2.13. The van der Waals surface area contributed by atoms with Crippen LogP contribution in [0.3, 0.4) is 0 Å². The largest absolute Gasteiger partial charge is 0.339 e. The maximum atomic E-state index is 4.45. The second-order valence-electron chi connectivity index (χ2n) is 3.99. The summed E-state index contributed by atoms with van der Waals surface area (Å²) in [5, 5.41) is 3.29. The molecule has 1 N–H and O–H groups in total. The zero-order valence-corrected chi connectivity index (χ0v) is 9.51. The van der Waals surface area contributed by atoms with E-state index in [1.54, 1.807) is 12.4 Å². The quantitative estimate of drug-likeness (QED) is 0.807. The van der Waals surface area contributed by atoms with Gasteiger partial charge >= 0.3 is 0 Å². The van der Waals surface area contributed by atoms with Crippen molar-refractivity contribution in [2.75, 3.05) is 5.32 Å². The van der Waals surface area contributed by atoms with Gasteiger partial charge in [0.1, 0.15) is 5.69 Å². The minimum Gasteiger partial charge on any atom is -0.339 e. The molecule has 0 amide bonds. The zero-order chi connectivity index (χ0) is 11.7. The average molecular weight is 224 g/mol. The molecule has 2 aromatic heterocycles. The minimum absolute atomic E-state index is 0.704. The van der Waals surface area contributed by atoms with E-state index in [1.165, 1.54) is 5.56 Å². The number of fused-ring (bicyclic) bond motifs is 1. The predicted molar refractivity (Wildman–Crippen MR) is 67.1 cm³/mol. The molecule has 1 aliphatic rings. The van der Waals surface area contributed by atoms with Crippen LogP contribution in [-0.4, -0.2) is 15.8 Å². The van der Waals surface area contributed by atoms with E-state index in [4.69, 9.17) is 0 Å². The van der Waals surface area contributed by atoms with Gasteiger partial charge in [-0.05, 0) is 25.1 Å². The lowest BCUT2D eigenvalue weighted by molar-refractivity contribution is 1.09. The molecule has 0 fully saturated rings. The molecule has 4 heteroatoms. The second kappa shape index (κ2) is 3.97. The number of rotatable bonds is 1. The summed E-state index contributed by atoms with van der Waals surface area (Å²) in [6, 6.07) is 7.91. The molecular weight excluding hydrogens is 212 g/mol. The highest BCUT2D eigenvalue weighted by Crippen LogP contribution is 2.18. The standard InChI is InChI=1S/C13H12N4/c1-9-7-11(4-6-14-9)17-13-12-10(8-16-13)3-2-5-15-12/h2-7H,8H2,1H3,(H,14,16,17). The van der Waals surface area contributed by atoms with Crippen molar-refractivity contribution in [2.45, 2.75) is 13.5 Å². The number of aliphatic imine (C=N–C) groups is 1. The van der Waals surface area contributed by atoms with Gasteiger partial charge in [-0.25, -0.2) is 0 Å². The summed E-state index contributed by atoms with van der Waals surface area (Å²) in [5.41, 5.74) is 4.09. The van der Waals surface area contributed by atoms with Crippen molar-refractivity contribution in [1.82, 2.24) is 9.97 Å². The Bertz CT molecular complexity index is 589. The first-order valence-corrected chi connectivity index (χ1v) is 5.51. The van der Waals surface area contributed by atoms with Gasteiger partial charge in [-0.15, -0.1) is 0 Å². The molecular formula is C13H12N4. The van der Waals surface area contributed by atoms with E-state index in [-0.39, 0.29) is 0 Å². The van der Waals surface area contributed by atoms with Gasteiger partial charge in [0.25, 0.3) is 0 Å². The number of pyridine rings is 2. The molecule has 0 bridgehead atoms. The molecule has 3 heterocycles. The summed E-state index contributed by atoms with van der Waals surface area (Å²) in [6.07, 6.45) is 3.58. The van der Waals surface area contributed by atoms with E-state index in [2.05, 4.69) is 26.3 Å². The lowest BCUT2D eigenvalue weighted by Gasteiger charge is -2.06. The Labute approximate surface area is 99.5 Å². The van der Waals surface area contributed by atoms with E-state index in [0.717, 1.165) is 22.9 Å². The van der Waals surface area contributed by atoms with Crippen molar-refractivity contribution in [3.8, 4) is 0 Å². The Kier molecular flexibility index (Phi) is 2.33. The number of hydrogen-bond donors (Lipinski definition) is 1. The normalized spacial score (nSPS) is 13.1. The number of nitrogens with zero attached hydrogens (tertiary/aromatic N) is 3. The van der Waals surface area contributed by atoms with Crippen LogP contribution < -0.4 is 5.32 Å². The first-order chi connectivity index (χ1) is 8.33. The molecule has 0 saturated carbocycles. The van der Waals surface area contributed by atoms with Gasteiger partial charge in [-0.3, -0.25) is 15.0 Å². The molecule has 0 aliphatic carbocycles. The van der Waals surface area contributed by atoms with E-state index in [9.17, 15) is 0 Å². The number of aromatic nitrogens is 2. The third-order valence-electron chi connectivity index (χ3n) is 2.68. The molecule has 4 nitrogen and oxygen atoms in total. The van der Waals surface area contributed by atoms with Crippen LogP contribution in [-0.2, 0) is 6.54 Å². The smallest absolute Gasteiger partial charge is 0.152 e. The van der Waals surface area contributed by atoms with Gasteiger partial charge in [0.2, 0.25) is 0 Å². The lowest BCUT2D eigenvalue weighted by atomic mass is 10.2. The Morgan fingerprint density at radius 1 is 1.18 bits per heavy atom. The molecule has 17 heavy (non-hydrogen) atoms. The van der Waals surface area contributed by atoms with Gasteiger partial charge in [0, 0.05) is 29.3 Å². The first-order valence-electron chi connectivity index (χ1n) is 5.51. The van der Waals surface area contributed by atoms with Crippen molar-refractivity contribution < 1.29 is 0 Å². The van der Waals surface area contributed by atoms with Crippen LogP contribution in [0.5, 0.6) is 0 Å². The van der Waals surface area contributed by atoms with E-state index >= 15 is 0 Å². The topological polar surface area (TPSA) is 50.2 Å². The van der Waals surface area contributed by atoms with Crippen LogP contribution in [0.25, 0.3) is 0 Å². The number of amidine groups is 1. The van der Waals surface area contributed by atoms with Crippen molar-refractivity contribution in [1.29, 1.82) is 0 Å². The molecule has 0 spiro atoms. The Balaban J connectivity index is 1.89. The number of aryl methyl sites for hydroxylation is 1. The third kappa shape index (κ3) is 1.89. The van der Waals surface area contributed by atoms with Crippen LogP contribution >= 0.6 is 0 Å². The van der Waals surface area contributed by atoms with Crippen molar-refractivity contribution in [2.24, 2.45) is 4.99 Å². The van der Waals surface area contributed by atoms with Crippen LogP contribution in [0.15, 0.2) is 41.7 Å². The van der Waals surface area contributed by atoms with Crippen molar-refractivity contribution in [3.05, 3.63) is 53.6 Å². The minimum atomic E-state index is 0.704. The highest BCUT2D eigenvalue weighted by atomic mass is 15.0. The van der Waals surface area contributed by atoms with E-state index in [1.807, 2.05) is 25.1 Å². The van der Waals surface area contributed by atoms with Crippen LogP contribution in [0, 0.1) is 6.92 Å². The fraction of sp³-hybridized carbons (Fsp3) is 0.154. The number of hydrogen-bond acceptors (Lipinski definition) is 4. The molecule has 3 rings (SSSR count). The summed E-state index contributed by atoms with van der Waals surface area (Å²) < 4.78 is 0. The molecule has 0 unspecified atom stereocenters. The zero-order valence-electron chi connectivity index (χ0n) is 9.51. The van der Waals surface area contributed by atoms with Crippen molar-refractivity contribution >= 4 is 11.5 Å². The highest BCUT2D eigenvalue weighted by Gasteiger charge is 2.16. The summed E-state index contributed by atoms with van der Waals surface area (Å²) >= 11 is 0. The second-order valence-corrected chi connectivity index (χ2v) is 3.99. The molecule has 0 saturated heterocycles. The number of nitrogens with one attached hydrogen (secondary N) is 1. The molecule has 0 radical (unpaired) electrons. The molecule has 84 valence electrons. The van der Waals surface area contributed by atoms with Crippen LogP contribution in [0.4, 0.5) is 5.69 Å². The van der Waals surface area contributed by atoms with Crippen LogP contribution in [0.2, 0.25) is 0 Å². The highest BCUT2D eigenvalue weighted by molar-refractivity contribution is 6.09. The summed E-state index contributed by atoms with van der Waals surface area (Å²) in [6.45, 7) is 2.67. The molecule has 2 aromatic rings. The van der Waals surface area contributed by atoms with Gasteiger partial charge in [0.15, 0.2) is 5.84 Å². The molecule has 1 aliphatic heterocycles. The fourth-order valence-corrected chi connectivity index (χ4v) is 1.88. The summed E-state index contributed by atoms with van der Waals surface area (Å²) in [7, 11) is 0. The summed E-state index contributed by atoms with van der Waals surface area (Å²) in [5.74, 6) is 0.839. The van der Waals surface area contributed by atoms with Crippen LogP contribution in [0.1, 0.15) is 17.0 Å². The van der Waals surface area contributed by atoms with Crippen molar-refractivity contribution in [3.63, 3.8) is 0 Å². The summed E-state index contributed by atoms with van der Waals surface area (Å²) in [4.78, 5) is 13.0. The maximum absolute atomic E-state index is 4.45. The fourth-order valence-electron chi connectivity index (χ4n) is 1.88. The third-order valence-corrected chi connectivity index (χ3v) is 2.68. The van der Waals surface area contributed by atoms with E-state index in [0.29, 0.717) is 6.54 Å². The van der Waals surface area contributed by atoms with Gasteiger partial charge in [-0.2, -0.15) is 0 Å². The van der Waals surface area contributed by atoms with Gasteiger partial charge in [0.05, 0.1) is 6.54 Å². The Morgan fingerprint density at radius 3 is 3.00 bits per heavy atom. The predicted octanol–water partition coefficient (Wildman–Crippen LogP) is 2.16. The monoisotopic (exact) mass is 224 g/mol. The molecule has 0 atom stereocenters. The SMILES string of the molecule is Cc1cc(NC2=NCc3cccnc32)ccn1. The first kappa shape index (κ1) is 9.96. The average Bonchev–Trinajstić information content (AvgIpc) is 2.73. The van der Waals surface area contributed by atoms with E-state index < -0.39 is 0 Å². The Hall–Kier alpha value is -2.23. The van der Waals surface area contributed by atoms with Gasteiger partial charge in [-0.1, -0.05) is 6.07 Å².